The Morgan fingerprint density at radius 1 is 1.21 bits per heavy atom. The van der Waals surface area contributed by atoms with E-state index in [0.29, 0.717) is 32.5 Å². The number of benzene rings is 2. The maximum Gasteiger partial charge on any atom is 0.237 e. The number of amides is 1. The predicted octanol–water partition coefficient (Wildman–Crippen LogP) is 2.26. The average molecular weight is 399 g/mol. The Morgan fingerprint density at radius 3 is 2.62 bits per heavy atom. The van der Waals surface area contributed by atoms with E-state index in [1.54, 1.807) is 0 Å². The van der Waals surface area contributed by atoms with Crippen LogP contribution in [0.5, 0.6) is 5.75 Å². The summed E-state index contributed by atoms with van der Waals surface area (Å²) in [6.07, 6.45) is 0.622. The second-order valence-electron chi connectivity index (χ2n) is 7.52. The Morgan fingerprint density at radius 2 is 1.93 bits per heavy atom. The standard InChI is InChI=1S/C23H30N2O4/c1-17(19-9-7-18(16-26)8-10-19)24-23(28)22-15-20(27)11-12-25(22)13-14-29-21-5-3-2-4-6-21/h2-10,17,20,22,26-27H,11-16H2,1H3,(H,24,28)/t17-,20-,22+/m0/s1. The van der Waals surface area contributed by atoms with Crippen LogP contribution < -0.4 is 10.1 Å². The zero-order valence-corrected chi connectivity index (χ0v) is 16.8. The van der Waals surface area contributed by atoms with Crippen LogP contribution in [-0.4, -0.2) is 52.9 Å². The van der Waals surface area contributed by atoms with Gasteiger partial charge in [0.1, 0.15) is 12.4 Å². The van der Waals surface area contributed by atoms with Crippen molar-refractivity contribution in [2.24, 2.45) is 0 Å². The van der Waals surface area contributed by atoms with Gasteiger partial charge in [-0.15, -0.1) is 0 Å². The van der Waals surface area contributed by atoms with Gasteiger partial charge in [0, 0.05) is 13.1 Å². The molecule has 0 aliphatic carbocycles. The van der Waals surface area contributed by atoms with Gasteiger partial charge in [-0.3, -0.25) is 9.69 Å². The summed E-state index contributed by atoms with van der Waals surface area (Å²) in [7, 11) is 0. The summed E-state index contributed by atoms with van der Waals surface area (Å²) >= 11 is 0. The molecule has 3 N–H and O–H groups in total. The van der Waals surface area contributed by atoms with E-state index in [1.807, 2.05) is 61.5 Å². The first kappa shape index (κ1) is 21.3. The van der Waals surface area contributed by atoms with Crippen LogP contribution in [0.1, 0.15) is 36.9 Å². The number of hydrogen-bond acceptors (Lipinski definition) is 5. The largest absolute Gasteiger partial charge is 0.492 e. The average Bonchev–Trinajstić information content (AvgIpc) is 2.75. The lowest BCUT2D eigenvalue weighted by Gasteiger charge is -2.37. The monoisotopic (exact) mass is 398 g/mol. The topological polar surface area (TPSA) is 82.0 Å². The van der Waals surface area contributed by atoms with Crippen LogP contribution in [0.3, 0.4) is 0 Å². The lowest BCUT2D eigenvalue weighted by Crippen LogP contribution is -2.53. The number of hydrogen-bond donors (Lipinski definition) is 3. The molecule has 0 spiro atoms. The van der Waals surface area contributed by atoms with Crippen molar-refractivity contribution in [3.63, 3.8) is 0 Å². The molecule has 0 aromatic heterocycles. The van der Waals surface area contributed by atoms with Gasteiger partial charge in [0.05, 0.1) is 24.8 Å². The summed E-state index contributed by atoms with van der Waals surface area (Å²) in [6.45, 7) is 3.72. The van der Waals surface area contributed by atoms with Gasteiger partial charge in [-0.05, 0) is 43.0 Å². The number of likely N-dealkylation sites (tertiary alicyclic amines) is 1. The van der Waals surface area contributed by atoms with E-state index in [2.05, 4.69) is 10.2 Å². The Balaban J connectivity index is 1.57. The molecule has 1 heterocycles. The first-order valence-electron chi connectivity index (χ1n) is 10.2. The number of aliphatic hydroxyl groups excluding tert-OH is 2. The van der Waals surface area contributed by atoms with Crippen molar-refractivity contribution < 1.29 is 19.7 Å². The van der Waals surface area contributed by atoms with E-state index in [1.165, 1.54) is 0 Å². The van der Waals surface area contributed by atoms with Crippen LogP contribution in [0.15, 0.2) is 54.6 Å². The van der Waals surface area contributed by atoms with Crippen molar-refractivity contribution >= 4 is 5.91 Å². The van der Waals surface area contributed by atoms with E-state index in [9.17, 15) is 15.0 Å². The van der Waals surface area contributed by atoms with Gasteiger partial charge in [0.25, 0.3) is 0 Å². The number of piperidine rings is 1. The molecule has 2 aromatic carbocycles. The van der Waals surface area contributed by atoms with Crippen LogP contribution in [0.2, 0.25) is 0 Å². The van der Waals surface area contributed by atoms with Crippen molar-refractivity contribution in [2.75, 3.05) is 19.7 Å². The third-order valence-corrected chi connectivity index (χ3v) is 5.40. The molecule has 0 radical (unpaired) electrons. The number of rotatable bonds is 8. The van der Waals surface area contributed by atoms with E-state index in [4.69, 9.17) is 4.74 Å². The second-order valence-corrected chi connectivity index (χ2v) is 7.52. The molecule has 1 aliphatic rings. The van der Waals surface area contributed by atoms with Gasteiger partial charge < -0.3 is 20.3 Å². The lowest BCUT2D eigenvalue weighted by atomic mass is 9.98. The number of nitrogens with zero attached hydrogens (tertiary/aromatic N) is 1. The number of carbonyl (C=O) groups is 1. The zero-order chi connectivity index (χ0) is 20.6. The molecule has 3 atom stereocenters. The van der Waals surface area contributed by atoms with E-state index in [-0.39, 0.29) is 24.6 Å². The van der Waals surface area contributed by atoms with E-state index >= 15 is 0 Å². The fourth-order valence-electron chi connectivity index (χ4n) is 3.64. The molecule has 3 rings (SSSR count). The minimum absolute atomic E-state index is 0.000987. The minimum Gasteiger partial charge on any atom is -0.492 e. The van der Waals surface area contributed by atoms with Crippen molar-refractivity contribution in [1.82, 2.24) is 10.2 Å². The predicted molar refractivity (Wildman–Crippen MR) is 111 cm³/mol. The summed E-state index contributed by atoms with van der Waals surface area (Å²) < 4.78 is 5.78. The molecular formula is C23H30N2O4. The smallest absolute Gasteiger partial charge is 0.237 e. The first-order chi connectivity index (χ1) is 14.1. The van der Waals surface area contributed by atoms with Crippen LogP contribution in [-0.2, 0) is 11.4 Å². The molecule has 6 heteroatoms. The van der Waals surface area contributed by atoms with E-state index < -0.39 is 6.10 Å². The van der Waals surface area contributed by atoms with Crippen LogP contribution in [0.25, 0.3) is 0 Å². The summed E-state index contributed by atoms with van der Waals surface area (Å²) in [6, 6.07) is 16.6. The fraction of sp³-hybridized carbons (Fsp3) is 0.435. The molecule has 1 aliphatic heterocycles. The molecule has 1 saturated heterocycles. The Labute approximate surface area is 172 Å². The molecule has 1 amide bonds. The number of ether oxygens (including phenoxy) is 1. The summed E-state index contributed by atoms with van der Waals surface area (Å²) in [4.78, 5) is 15.0. The molecule has 156 valence electrons. The second kappa shape index (κ2) is 10.4. The first-order valence-corrected chi connectivity index (χ1v) is 10.2. The normalized spacial score (nSPS) is 20.8. The maximum absolute atomic E-state index is 12.9. The number of para-hydroxylation sites is 1. The highest BCUT2D eigenvalue weighted by Crippen LogP contribution is 2.20. The van der Waals surface area contributed by atoms with Gasteiger partial charge in [-0.25, -0.2) is 0 Å². The molecule has 1 fully saturated rings. The Bertz CT molecular complexity index is 766. The third kappa shape index (κ3) is 6.03. The van der Waals surface area contributed by atoms with Gasteiger partial charge >= 0.3 is 0 Å². The molecule has 0 bridgehead atoms. The third-order valence-electron chi connectivity index (χ3n) is 5.40. The minimum atomic E-state index is -0.462. The molecule has 6 nitrogen and oxygen atoms in total. The van der Waals surface area contributed by atoms with Gasteiger partial charge in [0.15, 0.2) is 0 Å². The molecular weight excluding hydrogens is 368 g/mol. The lowest BCUT2D eigenvalue weighted by molar-refractivity contribution is -0.130. The van der Waals surface area contributed by atoms with Crippen LogP contribution in [0.4, 0.5) is 0 Å². The van der Waals surface area contributed by atoms with Gasteiger partial charge in [-0.1, -0.05) is 42.5 Å². The SMILES string of the molecule is C[C@H](NC(=O)[C@H]1C[C@@H](O)CCN1CCOc1ccccc1)c1ccc(CO)cc1. The van der Waals surface area contributed by atoms with Gasteiger partial charge in [-0.2, -0.15) is 0 Å². The molecule has 0 saturated carbocycles. The highest BCUT2D eigenvalue weighted by Gasteiger charge is 2.33. The summed E-state index contributed by atoms with van der Waals surface area (Å²) in [5, 5.41) is 22.3. The molecule has 2 aromatic rings. The van der Waals surface area contributed by atoms with Crippen molar-refractivity contribution in [2.45, 2.75) is 44.6 Å². The number of nitrogens with one attached hydrogen (secondary N) is 1. The summed E-state index contributed by atoms with van der Waals surface area (Å²) in [5.41, 5.74) is 1.82. The van der Waals surface area contributed by atoms with Crippen molar-refractivity contribution in [1.29, 1.82) is 0 Å². The zero-order valence-electron chi connectivity index (χ0n) is 16.8. The number of carbonyl (C=O) groups excluding carboxylic acids is 1. The quantitative estimate of drug-likeness (QED) is 0.635. The number of aliphatic hydroxyl groups is 2. The van der Waals surface area contributed by atoms with Crippen molar-refractivity contribution in [3.05, 3.63) is 65.7 Å². The van der Waals surface area contributed by atoms with E-state index in [0.717, 1.165) is 16.9 Å². The summed E-state index contributed by atoms with van der Waals surface area (Å²) in [5.74, 6) is 0.729. The van der Waals surface area contributed by atoms with Gasteiger partial charge in [0.2, 0.25) is 5.91 Å². The van der Waals surface area contributed by atoms with Crippen LogP contribution in [0, 0.1) is 0 Å². The molecule has 29 heavy (non-hydrogen) atoms. The highest BCUT2D eigenvalue weighted by molar-refractivity contribution is 5.82. The fourth-order valence-corrected chi connectivity index (χ4v) is 3.64. The maximum atomic E-state index is 12.9. The Kier molecular flexibility index (Phi) is 7.63. The highest BCUT2D eigenvalue weighted by atomic mass is 16.5. The Hall–Kier alpha value is -2.41. The molecule has 0 unspecified atom stereocenters. The van der Waals surface area contributed by atoms with Crippen LogP contribution >= 0.6 is 0 Å². The van der Waals surface area contributed by atoms with Crippen molar-refractivity contribution in [3.8, 4) is 5.75 Å².